The molecule has 5 nitrogen and oxygen atoms in total. The highest BCUT2D eigenvalue weighted by atomic mass is 16.5. The van der Waals surface area contributed by atoms with Gasteiger partial charge >= 0.3 is 0 Å². The van der Waals surface area contributed by atoms with Crippen LogP contribution in [-0.4, -0.2) is 52.5 Å². The molecule has 1 saturated carbocycles. The van der Waals surface area contributed by atoms with Gasteiger partial charge in [0.2, 0.25) is 11.8 Å². The fourth-order valence-corrected chi connectivity index (χ4v) is 4.55. The highest BCUT2D eigenvalue weighted by Gasteiger charge is 2.30. The molecule has 1 aromatic rings. The molecule has 1 atom stereocenters. The van der Waals surface area contributed by atoms with Crippen LogP contribution in [0.15, 0.2) is 12.1 Å². The number of nitrogens with zero attached hydrogens (tertiary/aromatic N) is 3. The number of aromatic nitrogens is 1. The second-order valence-electron chi connectivity index (χ2n) is 7.99. The SMILES string of the molecule is CCC(=O)N1CCc2nc(OC3CCN(C4CCC4)CC3)ccc2C1C. The molecular weight excluding hydrogens is 326 g/mol. The zero-order chi connectivity index (χ0) is 18.1. The number of rotatable bonds is 4. The number of hydrogen-bond donors (Lipinski definition) is 0. The van der Waals surface area contributed by atoms with E-state index in [1.807, 2.05) is 17.9 Å². The molecule has 2 aliphatic heterocycles. The van der Waals surface area contributed by atoms with Gasteiger partial charge in [-0.3, -0.25) is 4.79 Å². The molecule has 1 aliphatic carbocycles. The Morgan fingerprint density at radius 2 is 1.96 bits per heavy atom. The van der Waals surface area contributed by atoms with Crippen molar-refractivity contribution in [2.24, 2.45) is 0 Å². The molecule has 1 amide bonds. The van der Waals surface area contributed by atoms with Crippen molar-refractivity contribution < 1.29 is 9.53 Å². The minimum absolute atomic E-state index is 0.110. The number of fused-ring (bicyclic) bond motifs is 1. The van der Waals surface area contributed by atoms with E-state index in [9.17, 15) is 4.79 Å². The van der Waals surface area contributed by atoms with Crippen LogP contribution in [0.2, 0.25) is 0 Å². The van der Waals surface area contributed by atoms with Crippen molar-refractivity contribution in [2.75, 3.05) is 19.6 Å². The molecule has 0 radical (unpaired) electrons. The van der Waals surface area contributed by atoms with Crippen molar-refractivity contribution in [2.45, 2.75) is 77.0 Å². The smallest absolute Gasteiger partial charge is 0.222 e. The van der Waals surface area contributed by atoms with Gasteiger partial charge in [0.1, 0.15) is 6.10 Å². The summed E-state index contributed by atoms with van der Waals surface area (Å²) < 4.78 is 6.21. The first-order chi connectivity index (χ1) is 12.7. The number of piperidine rings is 1. The Morgan fingerprint density at radius 1 is 1.19 bits per heavy atom. The number of carbonyl (C=O) groups excluding carboxylic acids is 1. The lowest BCUT2D eigenvalue weighted by atomic mass is 9.90. The first-order valence-corrected chi connectivity index (χ1v) is 10.4. The van der Waals surface area contributed by atoms with E-state index in [0.29, 0.717) is 6.42 Å². The van der Waals surface area contributed by atoms with Crippen molar-refractivity contribution in [1.29, 1.82) is 0 Å². The number of carbonyl (C=O) groups is 1. The predicted octanol–water partition coefficient (Wildman–Crippen LogP) is 3.33. The molecule has 1 unspecified atom stereocenters. The van der Waals surface area contributed by atoms with Crippen molar-refractivity contribution in [3.63, 3.8) is 0 Å². The van der Waals surface area contributed by atoms with Crippen LogP contribution in [-0.2, 0) is 11.2 Å². The molecule has 2 fully saturated rings. The zero-order valence-corrected chi connectivity index (χ0v) is 16.1. The summed E-state index contributed by atoms with van der Waals surface area (Å²) in [6.07, 6.45) is 8.04. The summed E-state index contributed by atoms with van der Waals surface area (Å²) in [5.41, 5.74) is 2.27. The van der Waals surface area contributed by atoms with E-state index in [0.717, 1.165) is 56.5 Å². The summed E-state index contributed by atoms with van der Waals surface area (Å²) in [5.74, 6) is 0.981. The van der Waals surface area contributed by atoms with Crippen LogP contribution in [0.25, 0.3) is 0 Å². The molecule has 1 saturated heterocycles. The standard InChI is InChI=1S/C21H31N3O2/c1-3-21(25)24-14-11-19-18(15(24)2)7-8-20(22-19)26-17-9-12-23(13-10-17)16-5-4-6-16/h7-8,15-17H,3-6,9-14H2,1-2H3. The van der Waals surface area contributed by atoms with Gasteiger partial charge in [-0.15, -0.1) is 0 Å². The quantitative estimate of drug-likeness (QED) is 0.829. The van der Waals surface area contributed by atoms with Gasteiger partial charge in [0.05, 0.1) is 11.7 Å². The van der Waals surface area contributed by atoms with Gasteiger partial charge in [-0.25, -0.2) is 4.98 Å². The van der Waals surface area contributed by atoms with Gasteiger partial charge < -0.3 is 14.5 Å². The fourth-order valence-electron chi connectivity index (χ4n) is 4.55. The lowest BCUT2D eigenvalue weighted by Gasteiger charge is -2.41. The Bertz CT molecular complexity index is 651. The molecule has 142 valence electrons. The zero-order valence-electron chi connectivity index (χ0n) is 16.1. The molecule has 0 bridgehead atoms. The molecule has 26 heavy (non-hydrogen) atoms. The van der Waals surface area contributed by atoms with Gasteiger partial charge in [-0.05, 0) is 44.2 Å². The van der Waals surface area contributed by atoms with Crippen LogP contribution in [0.5, 0.6) is 5.88 Å². The molecule has 0 aromatic carbocycles. The maximum Gasteiger partial charge on any atom is 0.222 e. The van der Waals surface area contributed by atoms with Gasteiger partial charge in [0.15, 0.2) is 0 Å². The monoisotopic (exact) mass is 357 g/mol. The van der Waals surface area contributed by atoms with Crippen LogP contribution in [0.1, 0.15) is 69.7 Å². The lowest BCUT2D eigenvalue weighted by Crippen LogP contribution is -2.46. The summed E-state index contributed by atoms with van der Waals surface area (Å²) in [5, 5.41) is 0. The summed E-state index contributed by atoms with van der Waals surface area (Å²) in [4.78, 5) is 21.5. The number of hydrogen-bond acceptors (Lipinski definition) is 4. The van der Waals surface area contributed by atoms with E-state index in [2.05, 4.69) is 17.9 Å². The lowest BCUT2D eigenvalue weighted by molar-refractivity contribution is -0.133. The molecule has 0 N–H and O–H groups in total. The van der Waals surface area contributed by atoms with Crippen LogP contribution >= 0.6 is 0 Å². The van der Waals surface area contributed by atoms with E-state index >= 15 is 0 Å². The Kier molecular flexibility index (Phi) is 5.16. The first-order valence-electron chi connectivity index (χ1n) is 10.4. The maximum absolute atomic E-state index is 12.1. The Labute approximate surface area is 156 Å². The third kappa shape index (κ3) is 3.46. The van der Waals surface area contributed by atoms with E-state index < -0.39 is 0 Å². The minimum atomic E-state index is 0.110. The van der Waals surface area contributed by atoms with Crippen LogP contribution in [0.3, 0.4) is 0 Å². The number of likely N-dealkylation sites (tertiary alicyclic amines) is 1. The van der Waals surface area contributed by atoms with E-state index in [1.54, 1.807) is 0 Å². The van der Waals surface area contributed by atoms with Crippen molar-refractivity contribution in [3.8, 4) is 5.88 Å². The topological polar surface area (TPSA) is 45.7 Å². The number of amides is 1. The second kappa shape index (κ2) is 7.55. The molecule has 3 heterocycles. The summed E-state index contributed by atoms with van der Waals surface area (Å²) >= 11 is 0. The molecule has 1 aromatic heterocycles. The van der Waals surface area contributed by atoms with Gasteiger partial charge in [-0.2, -0.15) is 0 Å². The summed E-state index contributed by atoms with van der Waals surface area (Å²) in [7, 11) is 0. The normalized spacial score (nSPS) is 24.8. The molecule has 4 rings (SSSR count). The summed E-state index contributed by atoms with van der Waals surface area (Å²) in [6, 6.07) is 5.06. The number of ether oxygens (including phenoxy) is 1. The van der Waals surface area contributed by atoms with Crippen molar-refractivity contribution >= 4 is 5.91 Å². The van der Waals surface area contributed by atoms with E-state index in [1.165, 1.54) is 24.8 Å². The predicted molar refractivity (Wildman–Crippen MR) is 101 cm³/mol. The molecule has 3 aliphatic rings. The van der Waals surface area contributed by atoms with Gasteiger partial charge in [0, 0.05) is 44.6 Å². The van der Waals surface area contributed by atoms with Crippen molar-refractivity contribution in [1.82, 2.24) is 14.8 Å². The minimum Gasteiger partial charge on any atom is -0.474 e. The third-order valence-electron chi connectivity index (χ3n) is 6.47. The maximum atomic E-state index is 12.1. The largest absolute Gasteiger partial charge is 0.474 e. The average molecular weight is 357 g/mol. The van der Waals surface area contributed by atoms with Crippen LogP contribution in [0.4, 0.5) is 0 Å². The van der Waals surface area contributed by atoms with Crippen LogP contribution in [0, 0.1) is 0 Å². The van der Waals surface area contributed by atoms with E-state index in [-0.39, 0.29) is 18.1 Å². The highest BCUT2D eigenvalue weighted by Crippen LogP contribution is 2.31. The third-order valence-corrected chi connectivity index (χ3v) is 6.47. The summed E-state index contributed by atoms with van der Waals surface area (Å²) in [6.45, 7) is 7.10. The molecule has 5 heteroatoms. The molecular formula is C21H31N3O2. The number of pyridine rings is 1. The Balaban J connectivity index is 1.37. The fraction of sp³-hybridized carbons (Fsp3) is 0.714. The Morgan fingerprint density at radius 3 is 2.62 bits per heavy atom. The Hall–Kier alpha value is -1.62. The molecule has 0 spiro atoms. The average Bonchev–Trinajstić information content (AvgIpc) is 2.61. The second-order valence-corrected chi connectivity index (χ2v) is 7.99. The van der Waals surface area contributed by atoms with Gasteiger partial charge in [-0.1, -0.05) is 13.3 Å². The van der Waals surface area contributed by atoms with Crippen molar-refractivity contribution in [3.05, 3.63) is 23.4 Å². The van der Waals surface area contributed by atoms with E-state index in [4.69, 9.17) is 9.72 Å². The first kappa shape index (κ1) is 17.8. The highest BCUT2D eigenvalue weighted by molar-refractivity contribution is 5.76. The van der Waals surface area contributed by atoms with Gasteiger partial charge in [0.25, 0.3) is 0 Å². The van der Waals surface area contributed by atoms with Crippen LogP contribution < -0.4 is 4.74 Å².